The first kappa shape index (κ1) is 28.7. The molecule has 2 aromatic heterocycles. The molecule has 10 heteroatoms. The van der Waals surface area contributed by atoms with E-state index in [0.29, 0.717) is 35.5 Å². The largest absolute Gasteiger partial charge is 0.293 e. The molecule has 3 aromatic rings. The molecule has 202 valence electrons. The van der Waals surface area contributed by atoms with Crippen molar-refractivity contribution >= 4 is 41.9 Å². The van der Waals surface area contributed by atoms with E-state index in [1.807, 2.05) is 18.2 Å². The lowest BCUT2D eigenvalue weighted by Gasteiger charge is -2.30. The molecular formula is C26H42N4O4S2. The van der Waals surface area contributed by atoms with Gasteiger partial charge in [0.15, 0.2) is 0 Å². The maximum atomic E-state index is 13.0. The minimum Gasteiger partial charge on any atom is -0.293 e. The molecule has 0 bridgehead atoms. The van der Waals surface area contributed by atoms with Gasteiger partial charge in [-0.25, -0.2) is 24.8 Å². The Labute approximate surface area is 217 Å². The second kappa shape index (κ2) is 10.1. The van der Waals surface area contributed by atoms with Crippen LogP contribution in [0.15, 0.2) is 24.3 Å². The summed E-state index contributed by atoms with van der Waals surface area (Å²) in [6.45, 7) is 17.7. The number of rotatable bonds is 10. The highest BCUT2D eigenvalue weighted by atomic mass is 32.2. The Morgan fingerprint density at radius 2 is 0.889 bits per heavy atom. The molecule has 0 spiro atoms. The molecule has 0 saturated carbocycles. The molecule has 0 aliphatic heterocycles. The number of hydrogen-bond donors (Lipinski definition) is 0. The standard InChI is InChI=1S/C26H42N4O4S2/c1-17(2)27(18(3)4)15-23-12-21-11-22-13-24(16-28(19(5)6)20(7)8)30(36(10,33)34)26(22)14-25(21)29(23)35(9,31)32/h11-14,17-20H,15-16H2,1-10H3. The van der Waals surface area contributed by atoms with Crippen molar-refractivity contribution in [2.24, 2.45) is 0 Å². The lowest BCUT2D eigenvalue weighted by atomic mass is 10.1. The van der Waals surface area contributed by atoms with Gasteiger partial charge < -0.3 is 0 Å². The van der Waals surface area contributed by atoms with E-state index in [9.17, 15) is 16.8 Å². The van der Waals surface area contributed by atoms with Gasteiger partial charge in [-0.05, 0) is 79.7 Å². The Kier molecular flexibility index (Phi) is 8.06. The molecule has 0 fully saturated rings. The van der Waals surface area contributed by atoms with E-state index < -0.39 is 20.0 Å². The zero-order valence-corrected chi connectivity index (χ0v) is 24.9. The van der Waals surface area contributed by atoms with E-state index in [2.05, 4.69) is 65.2 Å². The van der Waals surface area contributed by atoms with Gasteiger partial charge >= 0.3 is 0 Å². The fourth-order valence-corrected chi connectivity index (χ4v) is 7.38. The van der Waals surface area contributed by atoms with Crippen LogP contribution in [0.4, 0.5) is 0 Å². The number of nitrogens with zero attached hydrogens (tertiary/aromatic N) is 4. The van der Waals surface area contributed by atoms with Crippen LogP contribution in [-0.2, 0) is 33.1 Å². The Hall–Kier alpha value is -1.88. The van der Waals surface area contributed by atoms with Gasteiger partial charge in [0, 0.05) is 59.4 Å². The lowest BCUT2D eigenvalue weighted by Crippen LogP contribution is -2.37. The quantitative estimate of drug-likeness (QED) is 0.379. The van der Waals surface area contributed by atoms with Gasteiger partial charge in [-0.1, -0.05) is 0 Å². The Bertz CT molecular complexity index is 1340. The fraction of sp³-hybridized carbons (Fsp3) is 0.615. The normalized spacial score (nSPS) is 13.8. The molecule has 36 heavy (non-hydrogen) atoms. The molecule has 3 rings (SSSR count). The minimum atomic E-state index is -3.64. The molecule has 0 atom stereocenters. The van der Waals surface area contributed by atoms with Crippen LogP contribution in [0.5, 0.6) is 0 Å². The predicted molar refractivity (Wildman–Crippen MR) is 150 cm³/mol. The first-order valence-corrected chi connectivity index (χ1v) is 16.2. The van der Waals surface area contributed by atoms with Crippen molar-refractivity contribution in [1.82, 2.24) is 17.7 Å². The van der Waals surface area contributed by atoms with Crippen molar-refractivity contribution in [2.75, 3.05) is 12.5 Å². The van der Waals surface area contributed by atoms with Crippen molar-refractivity contribution in [3.8, 4) is 0 Å². The van der Waals surface area contributed by atoms with Crippen molar-refractivity contribution < 1.29 is 16.8 Å². The fourth-order valence-electron chi connectivity index (χ4n) is 5.28. The number of aromatic nitrogens is 2. The minimum absolute atomic E-state index is 0.233. The molecule has 0 unspecified atom stereocenters. The van der Waals surface area contributed by atoms with Crippen LogP contribution in [-0.4, -0.2) is 71.3 Å². The zero-order chi connectivity index (χ0) is 27.3. The topological polar surface area (TPSA) is 84.6 Å². The third-order valence-corrected chi connectivity index (χ3v) is 8.97. The third kappa shape index (κ3) is 5.66. The second-order valence-corrected chi connectivity index (χ2v) is 14.7. The first-order valence-electron chi connectivity index (χ1n) is 12.5. The van der Waals surface area contributed by atoms with Crippen LogP contribution in [0.2, 0.25) is 0 Å². The number of benzene rings is 1. The summed E-state index contributed by atoms with van der Waals surface area (Å²) in [4.78, 5) is 4.47. The smallest absolute Gasteiger partial charge is 0.236 e. The highest BCUT2D eigenvalue weighted by molar-refractivity contribution is 7.89. The van der Waals surface area contributed by atoms with Crippen LogP contribution in [0.3, 0.4) is 0 Å². The molecule has 8 nitrogen and oxygen atoms in total. The summed E-state index contributed by atoms with van der Waals surface area (Å²) in [6, 6.07) is 8.39. The highest BCUT2D eigenvalue weighted by Gasteiger charge is 2.25. The molecule has 0 saturated heterocycles. The summed E-state index contributed by atoms with van der Waals surface area (Å²) >= 11 is 0. The summed E-state index contributed by atoms with van der Waals surface area (Å²) in [6.07, 6.45) is 2.39. The van der Waals surface area contributed by atoms with Gasteiger partial charge in [0.1, 0.15) is 0 Å². The zero-order valence-electron chi connectivity index (χ0n) is 23.3. The highest BCUT2D eigenvalue weighted by Crippen LogP contribution is 2.32. The van der Waals surface area contributed by atoms with Gasteiger partial charge in [0.25, 0.3) is 0 Å². The molecule has 0 aliphatic carbocycles. The van der Waals surface area contributed by atoms with E-state index in [-0.39, 0.29) is 24.2 Å². The maximum absolute atomic E-state index is 13.0. The van der Waals surface area contributed by atoms with Crippen molar-refractivity contribution in [3.63, 3.8) is 0 Å². The van der Waals surface area contributed by atoms with Crippen molar-refractivity contribution in [2.45, 2.75) is 92.6 Å². The van der Waals surface area contributed by atoms with Gasteiger partial charge in [-0.3, -0.25) is 9.80 Å². The van der Waals surface area contributed by atoms with E-state index in [0.717, 1.165) is 10.8 Å². The van der Waals surface area contributed by atoms with Crippen LogP contribution >= 0.6 is 0 Å². The molecule has 2 heterocycles. The van der Waals surface area contributed by atoms with Crippen molar-refractivity contribution in [1.29, 1.82) is 0 Å². The van der Waals surface area contributed by atoms with E-state index in [1.54, 1.807) is 6.07 Å². The second-order valence-electron chi connectivity index (χ2n) is 11.0. The molecule has 0 amide bonds. The van der Waals surface area contributed by atoms with Gasteiger partial charge in [0.2, 0.25) is 20.0 Å². The molecular weight excluding hydrogens is 496 g/mol. The van der Waals surface area contributed by atoms with Gasteiger partial charge in [0.05, 0.1) is 23.5 Å². The number of fused-ring (bicyclic) bond motifs is 2. The monoisotopic (exact) mass is 538 g/mol. The molecule has 1 aromatic carbocycles. The average Bonchev–Trinajstić information content (AvgIpc) is 3.23. The first-order chi connectivity index (χ1) is 16.4. The number of hydrogen-bond acceptors (Lipinski definition) is 6. The summed E-state index contributed by atoms with van der Waals surface area (Å²) in [5.41, 5.74) is 2.32. The van der Waals surface area contributed by atoms with Gasteiger partial charge in [-0.15, -0.1) is 0 Å². The van der Waals surface area contributed by atoms with Crippen molar-refractivity contribution in [3.05, 3.63) is 35.7 Å². The molecule has 0 N–H and O–H groups in total. The van der Waals surface area contributed by atoms with Gasteiger partial charge in [-0.2, -0.15) is 0 Å². The summed E-state index contributed by atoms with van der Waals surface area (Å²) in [5, 5.41) is 1.55. The van der Waals surface area contributed by atoms with Crippen LogP contribution in [0, 0.1) is 0 Å². The predicted octanol–water partition coefficient (Wildman–Crippen LogP) is 4.45. The Morgan fingerprint density at radius 3 is 1.14 bits per heavy atom. The van der Waals surface area contributed by atoms with Crippen LogP contribution in [0.25, 0.3) is 21.8 Å². The van der Waals surface area contributed by atoms with E-state index in [1.165, 1.54) is 20.5 Å². The Morgan fingerprint density at radius 1 is 0.583 bits per heavy atom. The average molecular weight is 539 g/mol. The maximum Gasteiger partial charge on any atom is 0.236 e. The van der Waals surface area contributed by atoms with E-state index in [4.69, 9.17) is 0 Å². The summed E-state index contributed by atoms with van der Waals surface area (Å²) in [5.74, 6) is 0. The SMILES string of the molecule is CC(C)N(Cc1cc2cc3cc(CN(C(C)C)C(C)C)n(S(C)(=O)=O)c3cc2n1S(C)(=O)=O)C(C)C. The molecule has 0 radical (unpaired) electrons. The van der Waals surface area contributed by atoms with Crippen LogP contribution in [0.1, 0.15) is 66.8 Å². The summed E-state index contributed by atoms with van der Waals surface area (Å²) in [7, 11) is -7.28. The third-order valence-electron chi connectivity index (χ3n) is 6.79. The summed E-state index contributed by atoms with van der Waals surface area (Å²) < 4.78 is 54.7. The van der Waals surface area contributed by atoms with E-state index >= 15 is 0 Å². The Balaban J connectivity index is 2.32. The molecule has 0 aliphatic rings. The lowest BCUT2D eigenvalue weighted by molar-refractivity contribution is 0.163. The van der Waals surface area contributed by atoms with Crippen LogP contribution < -0.4 is 0 Å².